The summed E-state index contributed by atoms with van der Waals surface area (Å²) in [7, 11) is 0. The molecule has 0 saturated heterocycles. The zero-order chi connectivity index (χ0) is 21.3. The number of anilines is 1. The minimum Gasteiger partial charge on any atom is -0.457 e. The zero-order valence-electron chi connectivity index (χ0n) is 15.1. The van der Waals surface area contributed by atoms with E-state index in [1.54, 1.807) is 12.1 Å². The van der Waals surface area contributed by atoms with Crippen LogP contribution in [-0.2, 0) is 0 Å². The molecule has 4 rings (SSSR count). The molecule has 8 nitrogen and oxygen atoms in total. The van der Waals surface area contributed by atoms with Crippen LogP contribution >= 0.6 is 0 Å². The number of aromatic amines is 1. The van der Waals surface area contributed by atoms with Crippen molar-refractivity contribution >= 4 is 28.3 Å². The molecule has 0 saturated carbocycles. The fraction of sp³-hybridized carbons (Fsp3) is 0. The normalized spacial score (nSPS) is 10.7. The van der Waals surface area contributed by atoms with Gasteiger partial charge >= 0.3 is 0 Å². The lowest BCUT2D eigenvalue weighted by atomic mass is 10.2. The molecule has 0 atom stereocenters. The molecule has 1 heterocycles. The van der Waals surface area contributed by atoms with Crippen LogP contribution in [0.15, 0.2) is 60.7 Å². The number of aromatic nitrogens is 2. The molecule has 1 amide bonds. The lowest BCUT2D eigenvalue weighted by Crippen LogP contribution is -2.12. The van der Waals surface area contributed by atoms with Crippen LogP contribution in [0.25, 0.3) is 10.9 Å². The topological polar surface area (TPSA) is 110 Å². The summed E-state index contributed by atoms with van der Waals surface area (Å²) in [6.45, 7) is 0. The zero-order valence-corrected chi connectivity index (χ0v) is 15.1. The first-order valence-electron chi connectivity index (χ1n) is 8.57. The number of rotatable bonds is 5. The van der Waals surface area contributed by atoms with Gasteiger partial charge in [0.2, 0.25) is 0 Å². The van der Waals surface area contributed by atoms with Gasteiger partial charge in [-0.15, -0.1) is 0 Å². The minimum atomic E-state index is -0.778. The average molecular weight is 410 g/mol. The van der Waals surface area contributed by atoms with E-state index in [4.69, 9.17) is 4.74 Å². The maximum atomic E-state index is 13.4. The third-order valence-corrected chi connectivity index (χ3v) is 4.16. The molecule has 0 aliphatic heterocycles. The van der Waals surface area contributed by atoms with E-state index in [-0.39, 0.29) is 28.6 Å². The molecule has 0 bridgehead atoms. The van der Waals surface area contributed by atoms with Crippen LogP contribution in [0.5, 0.6) is 11.5 Å². The lowest BCUT2D eigenvalue weighted by molar-refractivity contribution is -0.384. The van der Waals surface area contributed by atoms with Crippen molar-refractivity contribution in [2.75, 3.05) is 5.32 Å². The second-order valence-corrected chi connectivity index (χ2v) is 6.25. The quantitative estimate of drug-likeness (QED) is 0.363. The Bertz CT molecular complexity index is 1270. The minimum absolute atomic E-state index is 0.0301. The summed E-state index contributed by atoms with van der Waals surface area (Å²) >= 11 is 0. The molecule has 0 spiro atoms. The molecule has 0 aliphatic rings. The average Bonchev–Trinajstić information content (AvgIpc) is 3.09. The number of carbonyl (C=O) groups is 1. The number of hydrogen-bond acceptors (Lipinski definition) is 5. The monoisotopic (exact) mass is 410 g/mol. The summed E-state index contributed by atoms with van der Waals surface area (Å²) < 4.78 is 32.2. The fourth-order valence-corrected chi connectivity index (χ4v) is 2.82. The Balaban J connectivity index is 1.60. The van der Waals surface area contributed by atoms with Crippen molar-refractivity contribution in [3.05, 3.63) is 88.0 Å². The molecule has 0 fully saturated rings. The highest BCUT2D eigenvalue weighted by Crippen LogP contribution is 2.29. The van der Waals surface area contributed by atoms with E-state index in [0.717, 1.165) is 24.3 Å². The van der Waals surface area contributed by atoms with Crippen LogP contribution in [0.4, 0.5) is 20.3 Å². The summed E-state index contributed by atoms with van der Waals surface area (Å²) in [5.41, 5.74) is 0.442. The Morgan fingerprint density at radius 2 is 1.80 bits per heavy atom. The van der Waals surface area contributed by atoms with Crippen LogP contribution < -0.4 is 10.1 Å². The number of hydrogen-bond donors (Lipinski definition) is 2. The molecule has 2 N–H and O–H groups in total. The fourth-order valence-electron chi connectivity index (χ4n) is 2.82. The van der Waals surface area contributed by atoms with Gasteiger partial charge in [0.1, 0.15) is 23.1 Å². The number of nitrogens with zero attached hydrogens (tertiary/aromatic N) is 2. The first-order chi connectivity index (χ1) is 14.4. The number of halogens is 2. The highest BCUT2D eigenvalue weighted by atomic mass is 19.1. The van der Waals surface area contributed by atoms with E-state index in [1.165, 1.54) is 24.3 Å². The third-order valence-electron chi connectivity index (χ3n) is 4.16. The highest BCUT2D eigenvalue weighted by molar-refractivity contribution is 6.08. The molecule has 1 aromatic heterocycles. The van der Waals surface area contributed by atoms with E-state index in [9.17, 15) is 23.7 Å². The van der Waals surface area contributed by atoms with Crippen LogP contribution in [0.3, 0.4) is 0 Å². The van der Waals surface area contributed by atoms with Gasteiger partial charge in [0, 0.05) is 41.3 Å². The van der Waals surface area contributed by atoms with Crippen LogP contribution in [0, 0.1) is 21.7 Å². The van der Waals surface area contributed by atoms with E-state index in [0.29, 0.717) is 10.9 Å². The molecule has 0 aliphatic carbocycles. The number of nitrogens with one attached hydrogen (secondary N) is 2. The van der Waals surface area contributed by atoms with Gasteiger partial charge in [-0.05, 0) is 24.3 Å². The maximum absolute atomic E-state index is 13.4. The molecule has 10 heteroatoms. The van der Waals surface area contributed by atoms with Gasteiger partial charge in [0.25, 0.3) is 11.6 Å². The Kier molecular flexibility index (Phi) is 4.80. The summed E-state index contributed by atoms with van der Waals surface area (Å²) in [6.07, 6.45) is 0. The van der Waals surface area contributed by atoms with Gasteiger partial charge in [0.05, 0.1) is 10.4 Å². The number of fused-ring (bicyclic) bond motifs is 1. The molecular formula is C20H12F2N4O4. The third kappa shape index (κ3) is 3.92. The molecule has 3 aromatic carbocycles. The Labute approximate surface area is 167 Å². The van der Waals surface area contributed by atoms with Gasteiger partial charge < -0.3 is 10.1 Å². The molecule has 150 valence electrons. The smallest absolute Gasteiger partial charge is 0.270 e. The van der Waals surface area contributed by atoms with Gasteiger partial charge in [-0.2, -0.15) is 5.10 Å². The van der Waals surface area contributed by atoms with Crippen molar-refractivity contribution in [2.24, 2.45) is 0 Å². The molecule has 0 radical (unpaired) electrons. The Hall–Kier alpha value is -4.34. The largest absolute Gasteiger partial charge is 0.457 e. The number of amides is 1. The summed E-state index contributed by atoms with van der Waals surface area (Å²) in [4.78, 5) is 22.8. The van der Waals surface area contributed by atoms with Crippen molar-refractivity contribution in [1.82, 2.24) is 10.2 Å². The second kappa shape index (κ2) is 7.59. The molecule has 0 unspecified atom stereocenters. The van der Waals surface area contributed by atoms with E-state index in [2.05, 4.69) is 15.5 Å². The van der Waals surface area contributed by atoms with Gasteiger partial charge in [-0.25, -0.2) is 8.78 Å². The van der Waals surface area contributed by atoms with E-state index in [1.807, 2.05) is 0 Å². The van der Waals surface area contributed by atoms with E-state index < -0.39 is 22.5 Å². The predicted octanol–water partition coefficient (Wildman–Crippen LogP) is 4.79. The van der Waals surface area contributed by atoms with Crippen LogP contribution in [0.2, 0.25) is 0 Å². The highest BCUT2D eigenvalue weighted by Gasteiger charge is 2.15. The van der Waals surface area contributed by atoms with Crippen LogP contribution in [-0.4, -0.2) is 21.0 Å². The van der Waals surface area contributed by atoms with E-state index >= 15 is 0 Å². The number of H-pyrrole nitrogens is 1. The number of nitro groups is 1. The molecule has 30 heavy (non-hydrogen) atoms. The molecular weight excluding hydrogens is 398 g/mol. The van der Waals surface area contributed by atoms with Gasteiger partial charge in [-0.1, -0.05) is 6.07 Å². The van der Waals surface area contributed by atoms with Gasteiger partial charge in [-0.3, -0.25) is 20.0 Å². The lowest BCUT2D eigenvalue weighted by Gasteiger charge is -2.07. The number of non-ortho nitro benzene ring substituents is 1. The van der Waals surface area contributed by atoms with Crippen molar-refractivity contribution in [3.8, 4) is 11.5 Å². The Morgan fingerprint density at radius 1 is 1.03 bits per heavy atom. The number of benzene rings is 3. The van der Waals surface area contributed by atoms with Crippen LogP contribution in [0.1, 0.15) is 10.4 Å². The van der Waals surface area contributed by atoms with Crippen molar-refractivity contribution < 1.29 is 23.2 Å². The van der Waals surface area contributed by atoms with Crippen molar-refractivity contribution in [3.63, 3.8) is 0 Å². The summed E-state index contributed by atoms with van der Waals surface area (Å²) in [5.74, 6) is -1.75. The first-order valence-corrected chi connectivity index (χ1v) is 8.57. The Morgan fingerprint density at radius 3 is 2.53 bits per heavy atom. The number of ether oxygens (including phenoxy) is 1. The SMILES string of the molecule is O=C(Nc1n[nH]c2ccc(Oc3cc(F)cc(F)c3)cc12)c1cccc([N+](=O)[O-])c1. The summed E-state index contributed by atoms with van der Waals surface area (Å²) in [5, 5.41) is 20.7. The predicted molar refractivity (Wildman–Crippen MR) is 104 cm³/mol. The van der Waals surface area contributed by atoms with Gasteiger partial charge in [0.15, 0.2) is 5.82 Å². The number of carbonyl (C=O) groups excluding carboxylic acids is 1. The summed E-state index contributed by atoms with van der Waals surface area (Å²) in [6, 6.07) is 12.8. The standard InChI is InChI=1S/C20H12F2N4O4/c21-12-7-13(22)9-16(8-12)30-15-4-5-18-17(10-15)19(25-24-18)23-20(27)11-2-1-3-14(6-11)26(28)29/h1-10H,(H2,23,24,25,27). The maximum Gasteiger partial charge on any atom is 0.270 e. The number of nitro benzene ring substituents is 1. The first kappa shape index (κ1) is 19.0. The van der Waals surface area contributed by atoms with Crippen molar-refractivity contribution in [1.29, 1.82) is 0 Å². The second-order valence-electron chi connectivity index (χ2n) is 6.25. The molecule has 4 aromatic rings. The van der Waals surface area contributed by atoms with Crippen molar-refractivity contribution in [2.45, 2.75) is 0 Å².